The first-order valence-electron chi connectivity index (χ1n) is 23.9. The van der Waals surface area contributed by atoms with E-state index in [1.54, 1.807) is 41.1 Å². The van der Waals surface area contributed by atoms with Gasteiger partial charge in [0, 0.05) is 58.5 Å². The molecule has 2 bridgehead atoms. The van der Waals surface area contributed by atoms with E-state index in [0.29, 0.717) is 56.9 Å². The number of hydrogen-bond acceptors (Lipinski definition) is 13. The minimum absolute atomic E-state index is 0.0147. The van der Waals surface area contributed by atoms with E-state index < -0.39 is 83.9 Å². The van der Waals surface area contributed by atoms with Crippen LogP contribution in [0.2, 0.25) is 0 Å². The molecule has 3 N–H and O–H groups in total. The summed E-state index contributed by atoms with van der Waals surface area (Å²) in [7, 11) is 4.51. The number of carbonyl (C=O) groups is 5. The van der Waals surface area contributed by atoms with E-state index in [-0.39, 0.29) is 61.2 Å². The molecule has 15 atom stereocenters. The van der Waals surface area contributed by atoms with Crippen LogP contribution in [0.5, 0.6) is 0 Å². The summed E-state index contributed by atoms with van der Waals surface area (Å²) in [6.07, 6.45) is 10.7. The molecule has 14 nitrogen and oxygen atoms in total. The van der Waals surface area contributed by atoms with E-state index in [1.807, 2.05) is 58.1 Å². The smallest absolute Gasteiger partial charge is 0.329 e. The number of ketones is 3. The first-order chi connectivity index (χ1) is 30.7. The van der Waals surface area contributed by atoms with E-state index in [0.717, 1.165) is 12.0 Å². The van der Waals surface area contributed by atoms with Crippen LogP contribution in [-0.4, -0.2) is 132 Å². The predicted octanol–water partition coefficient (Wildman–Crippen LogP) is 6.18. The summed E-state index contributed by atoms with van der Waals surface area (Å²) in [4.78, 5) is 72.1. The molecule has 3 heterocycles. The number of ether oxygens (including phenoxy) is 5. The number of carbonyl (C=O) groups excluding carboxylic acids is 5. The van der Waals surface area contributed by atoms with Crippen molar-refractivity contribution < 1.29 is 63.0 Å². The number of amides is 1. The lowest BCUT2D eigenvalue weighted by molar-refractivity contribution is -0.231. The Hall–Kier alpha value is -3.37. The van der Waals surface area contributed by atoms with Gasteiger partial charge in [-0.2, -0.15) is 0 Å². The summed E-state index contributed by atoms with van der Waals surface area (Å²) in [5.74, 6) is -8.01. The van der Waals surface area contributed by atoms with E-state index in [4.69, 9.17) is 23.7 Å². The second-order valence-corrected chi connectivity index (χ2v) is 19.6. The molecule has 0 spiro atoms. The summed E-state index contributed by atoms with van der Waals surface area (Å²) in [5.41, 5.74) is 1.24. The Morgan fingerprint density at radius 3 is 2.23 bits per heavy atom. The van der Waals surface area contributed by atoms with Gasteiger partial charge in [-0.1, -0.05) is 71.1 Å². The summed E-state index contributed by atoms with van der Waals surface area (Å²) in [6.45, 7) is 12.7. The van der Waals surface area contributed by atoms with E-state index in [1.165, 1.54) is 12.0 Å². The quantitative estimate of drug-likeness (QED) is 0.156. The Balaban J connectivity index is 1.74. The normalized spacial score (nSPS) is 40.4. The van der Waals surface area contributed by atoms with Crippen LogP contribution in [0, 0.1) is 35.5 Å². The van der Waals surface area contributed by atoms with Crippen molar-refractivity contribution in [1.82, 2.24) is 4.90 Å². The first-order valence-corrected chi connectivity index (χ1v) is 23.9. The van der Waals surface area contributed by atoms with Crippen LogP contribution in [-0.2, 0) is 47.7 Å². The van der Waals surface area contributed by atoms with Crippen LogP contribution < -0.4 is 0 Å². The van der Waals surface area contributed by atoms with E-state index >= 15 is 0 Å². The van der Waals surface area contributed by atoms with Gasteiger partial charge in [0.05, 0.1) is 24.4 Å². The number of nitrogens with zero attached hydrogens (tertiary/aromatic N) is 1. The SMILES string of the molecule is CO[C@H]1C[C@@H]2CC[C@@H](C)C(=O)C(O)(O2)C(=O)N2CCCC[C@H]2C(=O)O[C@H]([C@H](C)CC2CC[C@@H](O)[C@H](OC)C2)CC(=O)[C@H](C)/C=C(\C)[C@@H](O)[C@@H](OC)C(=O)[C@H](C)C[C@H](C)/C=C/C=C/C=C/1C. The highest BCUT2D eigenvalue weighted by atomic mass is 16.6. The summed E-state index contributed by atoms with van der Waals surface area (Å²) in [6, 6.07) is -1.16. The van der Waals surface area contributed by atoms with Crippen molar-refractivity contribution >= 4 is 29.2 Å². The molecule has 4 aliphatic rings. The monoisotopic (exact) mass is 914 g/mol. The third-order valence-electron chi connectivity index (χ3n) is 14.4. The second-order valence-electron chi connectivity index (χ2n) is 19.6. The second kappa shape index (κ2) is 25.1. The standard InChI is InChI=1S/C51H79NO13/c1-30-16-12-11-13-17-31(2)42(61-8)28-38-21-19-32(3)48(57)51(60,65-38)50(59)52-23-15-14-18-39(52)49(58)64-43(34(5)26-37-20-22-40(53)44(27-37)62-9)29-41(54)33(4)25-36(7)46(56)47(63-10)45(55)35(6)24-30/h11-13,16-17,25,30,32-35,37-40,42-44,46-47,53,56,60H,14-15,18-24,26-29H2,1-10H3/b13-11+,16-12+,31-17+,36-25+/t30-,32-,33-,34-,35-,37?,38+,39+,40-,42+,43+,44-,46-,47+,51?/m1/s1. The summed E-state index contributed by atoms with van der Waals surface area (Å²) >= 11 is 0. The Labute approximate surface area is 387 Å². The largest absolute Gasteiger partial charge is 0.460 e. The molecule has 1 aliphatic carbocycles. The summed E-state index contributed by atoms with van der Waals surface area (Å²) < 4.78 is 29.5. The van der Waals surface area contributed by atoms with Crippen LogP contribution in [0.25, 0.3) is 0 Å². The molecule has 1 amide bonds. The number of aliphatic hydroxyl groups is 3. The minimum atomic E-state index is -2.85. The maximum atomic E-state index is 14.6. The van der Waals surface area contributed by atoms with Crippen LogP contribution >= 0.6 is 0 Å². The van der Waals surface area contributed by atoms with Crippen molar-refractivity contribution in [3.8, 4) is 0 Å². The number of esters is 1. The zero-order valence-electron chi connectivity index (χ0n) is 40.6. The number of cyclic esters (lactones) is 1. The third kappa shape index (κ3) is 14.3. The summed E-state index contributed by atoms with van der Waals surface area (Å²) in [5, 5.41) is 34.1. The number of fused-ring (bicyclic) bond motifs is 3. The molecule has 366 valence electrons. The van der Waals surface area contributed by atoms with Crippen LogP contribution in [0.15, 0.2) is 47.6 Å². The van der Waals surface area contributed by atoms with Crippen molar-refractivity contribution in [2.45, 2.75) is 180 Å². The molecule has 2 unspecified atom stereocenters. The molecule has 65 heavy (non-hydrogen) atoms. The highest BCUT2D eigenvalue weighted by Gasteiger charge is 2.55. The molecule has 1 saturated carbocycles. The van der Waals surface area contributed by atoms with Gasteiger partial charge in [-0.15, -0.1) is 0 Å². The van der Waals surface area contributed by atoms with Gasteiger partial charge in [0.15, 0.2) is 5.78 Å². The average molecular weight is 914 g/mol. The van der Waals surface area contributed by atoms with Gasteiger partial charge in [-0.3, -0.25) is 19.2 Å². The lowest BCUT2D eigenvalue weighted by atomic mass is 9.78. The van der Waals surface area contributed by atoms with Crippen LogP contribution in [0.1, 0.15) is 126 Å². The van der Waals surface area contributed by atoms with Crippen molar-refractivity contribution in [2.24, 2.45) is 35.5 Å². The first kappa shape index (κ1) is 54.2. The maximum Gasteiger partial charge on any atom is 0.329 e. The lowest BCUT2D eigenvalue weighted by Crippen LogP contribution is -2.62. The zero-order valence-corrected chi connectivity index (χ0v) is 40.6. The van der Waals surface area contributed by atoms with Crippen molar-refractivity contribution in [3.05, 3.63) is 47.6 Å². The molecule has 3 fully saturated rings. The van der Waals surface area contributed by atoms with Crippen molar-refractivity contribution in [1.29, 1.82) is 0 Å². The van der Waals surface area contributed by atoms with Gasteiger partial charge in [-0.25, -0.2) is 4.79 Å². The topological polar surface area (TPSA) is 195 Å². The number of aliphatic hydroxyl groups excluding tert-OH is 2. The molecular formula is C51H79NO13. The fraction of sp³-hybridized carbons (Fsp3) is 0.745. The number of methoxy groups -OCH3 is 3. The fourth-order valence-electron chi connectivity index (χ4n) is 10.1. The fourth-order valence-corrected chi connectivity index (χ4v) is 10.1. The number of Topliss-reactive ketones (excluding diaryl/α,β-unsaturated/α-hetero) is 3. The Morgan fingerprint density at radius 2 is 1.55 bits per heavy atom. The van der Waals surface area contributed by atoms with Crippen molar-refractivity contribution in [3.63, 3.8) is 0 Å². The Kier molecular flexibility index (Phi) is 21.0. The Bertz CT molecular complexity index is 1760. The van der Waals surface area contributed by atoms with E-state index in [9.17, 15) is 39.3 Å². The molecule has 14 heteroatoms. The number of hydrogen-bond donors (Lipinski definition) is 3. The highest BCUT2D eigenvalue weighted by molar-refractivity contribution is 6.09. The van der Waals surface area contributed by atoms with Gasteiger partial charge >= 0.3 is 11.8 Å². The van der Waals surface area contributed by atoms with Gasteiger partial charge < -0.3 is 43.9 Å². The predicted molar refractivity (Wildman–Crippen MR) is 245 cm³/mol. The van der Waals surface area contributed by atoms with Crippen LogP contribution in [0.4, 0.5) is 0 Å². The molecule has 4 rings (SSSR count). The number of rotatable bonds is 6. The Morgan fingerprint density at radius 1 is 0.831 bits per heavy atom. The average Bonchev–Trinajstić information content (AvgIpc) is 3.39. The lowest BCUT2D eigenvalue weighted by Gasteiger charge is -2.40. The van der Waals surface area contributed by atoms with Crippen LogP contribution in [0.3, 0.4) is 0 Å². The minimum Gasteiger partial charge on any atom is -0.460 e. The molecule has 2 saturated heterocycles. The highest BCUT2D eigenvalue weighted by Crippen LogP contribution is 2.36. The van der Waals surface area contributed by atoms with Gasteiger partial charge in [-0.05, 0) is 107 Å². The van der Waals surface area contributed by atoms with E-state index in [2.05, 4.69) is 0 Å². The zero-order chi connectivity index (χ0) is 48.2. The third-order valence-corrected chi connectivity index (χ3v) is 14.4. The number of allylic oxidation sites excluding steroid dienone is 6. The number of piperidine rings is 1. The molecule has 0 aromatic carbocycles. The molecule has 0 aromatic rings. The molecule has 0 aromatic heterocycles. The molecule has 0 radical (unpaired) electrons. The molecular weight excluding hydrogens is 835 g/mol. The maximum absolute atomic E-state index is 14.6. The van der Waals surface area contributed by atoms with Gasteiger partial charge in [0.2, 0.25) is 5.78 Å². The van der Waals surface area contributed by atoms with Crippen molar-refractivity contribution in [2.75, 3.05) is 27.9 Å². The van der Waals surface area contributed by atoms with Gasteiger partial charge in [0.1, 0.15) is 30.1 Å². The van der Waals surface area contributed by atoms with Gasteiger partial charge in [0.25, 0.3) is 5.91 Å². The molecule has 3 aliphatic heterocycles.